The van der Waals surface area contributed by atoms with Crippen molar-refractivity contribution in [2.75, 3.05) is 0 Å². The summed E-state index contributed by atoms with van der Waals surface area (Å²) in [5.41, 5.74) is 8.03. The SMILES string of the molecule is Cc1ccc2c(c1)C1C3Cc4ccccc4C3C1C2. The van der Waals surface area contributed by atoms with Gasteiger partial charge in [-0.1, -0.05) is 48.0 Å². The van der Waals surface area contributed by atoms with E-state index < -0.39 is 0 Å². The molecule has 94 valence electrons. The van der Waals surface area contributed by atoms with E-state index in [4.69, 9.17) is 0 Å². The van der Waals surface area contributed by atoms with E-state index in [9.17, 15) is 0 Å². The number of rotatable bonds is 0. The molecule has 0 N–H and O–H groups in total. The van der Waals surface area contributed by atoms with E-state index in [0.29, 0.717) is 0 Å². The van der Waals surface area contributed by atoms with E-state index in [1.807, 2.05) is 0 Å². The van der Waals surface area contributed by atoms with E-state index in [2.05, 4.69) is 49.4 Å². The minimum absolute atomic E-state index is 0.854. The van der Waals surface area contributed by atoms with Crippen molar-refractivity contribution in [3.05, 3.63) is 70.3 Å². The summed E-state index contributed by atoms with van der Waals surface area (Å²) < 4.78 is 0. The van der Waals surface area contributed by atoms with Crippen molar-refractivity contribution in [1.29, 1.82) is 0 Å². The second-order valence-corrected chi connectivity index (χ2v) is 6.69. The second-order valence-electron chi connectivity index (χ2n) is 6.69. The van der Waals surface area contributed by atoms with Gasteiger partial charge in [-0.05, 0) is 65.7 Å². The molecule has 0 heteroatoms. The molecule has 1 saturated carbocycles. The third-order valence-corrected chi connectivity index (χ3v) is 5.83. The Labute approximate surface area is 114 Å². The highest BCUT2D eigenvalue weighted by Gasteiger charge is 2.57. The average molecular weight is 246 g/mol. The highest BCUT2D eigenvalue weighted by atomic mass is 14.6. The topological polar surface area (TPSA) is 0 Å². The zero-order valence-electron chi connectivity index (χ0n) is 11.3. The fourth-order valence-electron chi connectivity index (χ4n) is 5.13. The van der Waals surface area contributed by atoms with Crippen molar-refractivity contribution in [2.24, 2.45) is 11.8 Å². The average Bonchev–Trinajstić information content (AvgIpc) is 2.87. The van der Waals surface area contributed by atoms with Crippen molar-refractivity contribution in [3.63, 3.8) is 0 Å². The van der Waals surface area contributed by atoms with Crippen LogP contribution >= 0.6 is 0 Å². The molecule has 0 saturated heterocycles. The van der Waals surface area contributed by atoms with Crippen LogP contribution in [0.5, 0.6) is 0 Å². The van der Waals surface area contributed by atoms with Crippen molar-refractivity contribution in [1.82, 2.24) is 0 Å². The lowest BCUT2D eigenvalue weighted by atomic mass is 9.57. The normalized spacial score (nSPS) is 33.1. The van der Waals surface area contributed by atoms with Crippen LogP contribution in [0.3, 0.4) is 0 Å². The summed E-state index contributed by atoms with van der Waals surface area (Å²) in [6.45, 7) is 2.23. The molecule has 1 fully saturated rings. The Morgan fingerprint density at radius 1 is 0.789 bits per heavy atom. The first-order chi connectivity index (χ1) is 9.33. The first kappa shape index (κ1) is 10.3. The van der Waals surface area contributed by atoms with Gasteiger partial charge in [0.1, 0.15) is 0 Å². The molecule has 2 aromatic rings. The van der Waals surface area contributed by atoms with Crippen molar-refractivity contribution in [2.45, 2.75) is 31.6 Å². The fourth-order valence-corrected chi connectivity index (χ4v) is 5.13. The van der Waals surface area contributed by atoms with Crippen LogP contribution in [0.25, 0.3) is 0 Å². The lowest BCUT2D eigenvalue weighted by Crippen LogP contribution is -2.38. The molecular weight excluding hydrogens is 228 g/mol. The summed E-state index contributed by atoms with van der Waals surface area (Å²) in [6, 6.07) is 16.3. The number of hydrogen-bond acceptors (Lipinski definition) is 0. The Kier molecular flexibility index (Phi) is 1.78. The Morgan fingerprint density at radius 2 is 1.47 bits per heavy atom. The van der Waals surface area contributed by atoms with Gasteiger partial charge in [0.2, 0.25) is 0 Å². The largest absolute Gasteiger partial charge is 0.0620 e. The molecule has 0 radical (unpaired) electrons. The van der Waals surface area contributed by atoms with Crippen LogP contribution in [-0.2, 0) is 12.8 Å². The third kappa shape index (κ3) is 1.16. The van der Waals surface area contributed by atoms with Gasteiger partial charge in [0.25, 0.3) is 0 Å². The van der Waals surface area contributed by atoms with Gasteiger partial charge in [-0.2, -0.15) is 0 Å². The zero-order valence-corrected chi connectivity index (χ0v) is 11.3. The predicted molar refractivity (Wildman–Crippen MR) is 77.5 cm³/mol. The van der Waals surface area contributed by atoms with Crippen LogP contribution in [0, 0.1) is 18.8 Å². The van der Waals surface area contributed by atoms with Crippen LogP contribution in [-0.4, -0.2) is 0 Å². The summed E-state index contributed by atoms with van der Waals surface area (Å²) in [6.07, 6.45) is 2.63. The highest BCUT2D eigenvalue weighted by Crippen LogP contribution is 2.66. The van der Waals surface area contributed by atoms with Crippen LogP contribution in [0.2, 0.25) is 0 Å². The number of fused-ring (bicyclic) bond motifs is 8. The van der Waals surface area contributed by atoms with Gasteiger partial charge in [-0.15, -0.1) is 0 Å². The summed E-state index contributed by atoms with van der Waals surface area (Å²) >= 11 is 0. The summed E-state index contributed by atoms with van der Waals surface area (Å²) in [4.78, 5) is 0. The smallest absolute Gasteiger partial charge is 0.00842 e. The minimum atomic E-state index is 0.854. The summed E-state index contributed by atoms with van der Waals surface area (Å²) in [7, 11) is 0. The molecule has 0 aliphatic heterocycles. The third-order valence-electron chi connectivity index (χ3n) is 5.83. The molecule has 3 aliphatic carbocycles. The lowest BCUT2D eigenvalue weighted by molar-refractivity contribution is 0.128. The highest BCUT2D eigenvalue weighted by molar-refractivity contribution is 5.50. The van der Waals surface area contributed by atoms with Crippen LogP contribution in [0.4, 0.5) is 0 Å². The van der Waals surface area contributed by atoms with Gasteiger partial charge in [-0.25, -0.2) is 0 Å². The number of aryl methyl sites for hydroxylation is 1. The predicted octanol–water partition coefficient (Wildman–Crippen LogP) is 4.22. The monoisotopic (exact) mass is 246 g/mol. The van der Waals surface area contributed by atoms with Crippen molar-refractivity contribution in [3.8, 4) is 0 Å². The van der Waals surface area contributed by atoms with Crippen molar-refractivity contribution >= 4 is 0 Å². The Bertz CT molecular complexity index is 676. The quantitative estimate of drug-likeness (QED) is 0.653. The maximum atomic E-state index is 2.46. The molecule has 0 heterocycles. The van der Waals surface area contributed by atoms with Gasteiger partial charge >= 0.3 is 0 Å². The molecule has 5 rings (SSSR count). The van der Waals surface area contributed by atoms with Crippen LogP contribution in [0.15, 0.2) is 42.5 Å². The second kappa shape index (κ2) is 3.30. The van der Waals surface area contributed by atoms with Crippen LogP contribution in [0.1, 0.15) is 39.7 Å². The Balaban J connectivity index is 1.61. The van der Waals surface area contributed by atoms with E-state index in [1.165, 1.54) is 18.4 Å². The van der Waals surface area contributed by atoms with Gasteiger partial charge in [0.05, 0.1) is 0 Å². The maximum absolute atomic E-state index is 2.46. The number of benzene rings is 2. The standard InChI is InChI=1S/C19H18/c1-11-6-7-13-10-17-18-14-5-3-2-4-12(14)9-16(18)19(17)15(13)8-11/h2-8,16-19H,9-10H2,1H3. The van der Waals surface area contributed by atoms with E-state index in [0.717, 1.165) is 23.7 Å². The lowest BCUT2D eigenvalue weighted by Gasteiger charge is -2.46. The minimum Gasteiger partial charge on any atom is -0.0620 e. The molecule has 0 nitrogen and oxygen atoms in total. The molecule has 3 aliphatic rings. The van der Waals surface area contributed by atoms with E-state index in [-0.39, 0.29) is 0 Å². The molecule has 0 aromatic heterocycles. The van der Waals surface area contributed by atoms with E-state index in [1.54, 1.807) is 22.3 Å². The number of hydrogen-bond donors (Lipinski definition) is 0. The van der Waals surface area contributed by atoms with Gasteiger partial charge in [-0.3, -0.25) is 0 Å². The van der Waals surface area contributed by atoms with Gasteiger partial charge < -0.3 is 0 Å². The molecule has 0 spiro atoms. The van der Waals surface area contributed by atoms with Crippen LogP contribution < -0.4 is 0 Å². The van der Waals surface area contributed by atoms with Crippen molar-refractivity contribution < 1.29 is 0 Å². The zero-order chi connectivity index (χ0) is 12.6. The Hall–Kier alpha value is -1.56. The molecular formula is C19H18. The summed E-state index contributed by atoms with van der Waals surface area (Å²) in [5, 5.41) is 0. The summed E-state index contributed by atoms with van der Waals surface area (Å²) in [5.74, 6) is 3.50. The first-order valence-corrected chi connectivity index (χ1v) is 7.50. The first-order valence-electron chi connectivity index (χ1n) is 7.50. The molecule has 19 heavy (non-hydrogen) atoms. The van der Waals surface area contributed by atoms with E-state index >= 15 is 0 Å². The molecule has 0 amide bonds. The fraction of sp³-hybridized carbons (Fsp3) is 0.368. The molecule has 0 bridgehead atoms. The maximum Gasteiger partial charge on any atom is -0.00842 e. The van der Waals surface area contributed by atoms with Gasteiger partial charge in [0.15, 0.2) is 0 Å². The molecule has 4 atom stereocenters. The van der Waals surface area contributed by atoms with Gasteiger partial charge in [0, 0.05) is 0 Å². The molecule has 2 aromatic carbocycles. The Morgan fingerprint density at radius 3 is 2.32 bits per heavy atom. The molecule has 4 unspecified atom stereocenters.